The number of aryl methyl sites for hydroxylation is 1. The van der Waals surface area contributed by atoms with Crippen LogP contribution in [0.1, 0.15) is 30.1 Å². The molecule has 0 fully saturated rings. The fraction of sp³-hybridized carbons (Fsp3) is 0.267. The molecule has 3 rings (SSSR count). The van der Waals surface area contributed by atoms with E-state index < -0.39 is 0 Å². The van der Waals surface area contributed by atoms with E-state index in [2.05, 4.69) is 23.2 Å². The summed E-state index contributed by atoms with van der Waals surface area (Å²) in [5.74, 6) is 0. The molecular weight excluding hydrogens is 210 g/mol. The molecule has 1 aromatic carbocycles. The maximum atomic E-state index is 10.0. The first kappa shape index (κ1) is 10.5. The van der Waals surface area contributed by atoms with Crippen molar-refractivity contribution in [1.29, 1.82) is 0 Å². The second-order valence-corrected chi connectivity index (χ2v) is 4.56. The van der Waals surface area contributed by atoms with Crippen LogP contribution in [0.3, 0.4) is 0 Å². The minimum absolute atomic E-state index is 0.296. The third kappa shape index (κ3) is 1.96. The molecule has 1 aliphatic rings. The summed E-state index contributed by atoms with van der Waals surface area (Å²) < 4.78 is 0. The predicted molar refractivity (Wildman–Crippen MR) is 67.6 cm³/mol. The molecule has 0 saturated carbocycles. The molecule has 1 aromatic heterocycles. The van der Waals surface area contributed by atoms with Gasteiger partial charge < -0.3 is 5.11 Å². The van der Waals surface area contributed by atoms with Crippen LogP contribution in [-0.4, -0.2) is 10.1 Å². The van der Waals surface area contributed by atoms with Crippen molar-refractivity contribution in [2.75, 3.05) is 0 Å². The molecule has 2 nitrogen and oxygen atoms in total. The van der Waals surface area contributed by atoms with Gasteiger partial charge in [-0.25, -0.2) is 0 Å². The smallest absolute Gasteiger partial charge is 0.0793 e. The van der Waals surface area contributed by atoms with Gasteiger partial charge in [0.1, 0.15) is 0 Å². The molecule has 0 aliphatic heterocycles. The summed E-state index contributed by atoms with van der Waals surface area (Å²) in [6.07, 6.45) is 6.38. The van der Waals surface area contributed by atoms with E-state index in [4.69, 9.17) is 0 Å². The molecule has 2 heteroatoms. The average molecular weight is 225 g/mol. The van der Waals surface area contributed by atoms with E-state index in [0.29, 0.717) is 0 Å². The standard InChI is InChI=1S/C15H15NO/c17-15-5-1-3-11-6-7-12(9-14(11)15)13-4-2-8-16-10-13/h2,4,6-10,15,17H,1,3,5H2. The quantitative estimate of drug-likeness (QED) is 0.809. The van der Waals surface area contributed by atoms with Crippen LogP contribution >= 0.6 is 0 Å². The maximum Gasteiger partial charge on any atom is 0.0793 e. The van der Waals surface area contributed by atoms with E-state index in [1.807, 2.05) is 18.3 Å². The van der Waals surface area contributed by atoms with Crippen molar-refractivity contribution in [1.82, 2.24) is 4.98 Å². The van der Waals surface area contributed by atoms with Gasteiger partial charge in [0, 0.05) is 12.4 Å². The molecule has 1 aliphatic carbocycles. The van der Waals surface area contributed by atoms with Crippen molar-refractivity contribution in [2.24, 2.45) is 0 Å². The zero-order chi connectivity index (χ0) is 11.7. The second kappa shape index (κ2) is 4.30. The molecule has 17 heavy (non-hydrogen) atoms. The van der Waals surface area contributed by atoms with Crippen LogP contribution in [0.4, 0.5) is 0 Å². The van der Waals surface area contributed by atoms with Gasteiger partial charge in [-0.1, -0.05) is 18.2 Å². The van der Waals surface area contributed by atoms with Gasteiger partial charge in [-0.05, 0) is 53.6 Å². The molecule has 0 spiro atoms. The Bertz CT molecular complexity index is 522. The lowest BCUT2D eigenvalue weighted by molar-refractivity contribution is 0.156. The molecule has 1 atom stereocenters. The first-order valence-corrected chi connectivity index (χ1v) is 6.06. The Balaban J connectivity index is 2.06. The largest absolute Gasteiger partial charge is 0.388 e. The maximum absolute atomic E-state index is 10.0. The Kier molecular flexibility index (Phi) is 2.65. The first-order chi connectivity index (χ1) is 8.34. The first-order valence-electron chi connectivity index (χ1n) is 6.06. The number of benzene rings is 1. The van der Waals surface area contributed by atoms with Crippen molar-refractivity contribution in [2.45, 2.75) is 25.4 Å². The second-order valence-electron chi connectivity index (χ2n) is 4.56. The fourth-order valence-electron chi connectivity index (χ4n) is 2.49. The minimum atomic E-state index is -0.296. The molecule has 0 amide bonds. The summed E-state index contributed by atoms with van der Waals surface area (Å²) in [4.78, 5) is 4.13. The van der Waals surface area contributed by atoms with Gasteiger partial charge >= 0.3 is 0 Å². The summed E-state index contributed by atoms with van der Waals surface area (Å²) in [6, 6.07) is 10.3. The van der Waals surface area contributed by atoms with Gasteiger partial charge in [-0.2, -0.15) is 0 Å². The monoisotopic (exact) mass is 225 g/mol. The molecular formula is C15H15NO. The van der Waals surface area contributed by atoms with Gasteiger partial charge in [0.2, 0.25) is 0 Å². The highest BCUT2D eigenvalue weighted by atomic mass is 16.3. The highest BCUT2D eigenvalue weighted by Crippen LogP contribution is 2.32. The number of pyridine rings is 1. The lowest BCUT2D eigenvalue weighted by Gasteiger charge is -2.22. The Labute approximate surface area is 101 Å². The number of hydrogen-bond donors (Lipinski definition) is 1. The molecule has 1 N–H and O–H groups in total. The van der Waals surface area contributed by atoms with E-state index in [1.54, 1.807) is 6.20 Å². The number of aromatic nitrogens is 1. The molecule has 1 heterocycles. The van der Waals surface area contributed by atoms with Crippen molar-refractivity contribution in [3.05, 3.63) is 53.9 Å². The van der Waals surface area contributed by atoms with Crippen LogP contribution in [0.15, 0.2) is 42.7 Å². The Morgan fingerprint density at radius 1 is 1.18 bits per heavy atom. The van der Waals surface area contributed by atoms with Gasteiger partial charge in [0.25, 0.3) is 0 Å². The van der Waals surface area contributed by atoms with Crippen LogP contribution in [0.25, 0.3) is 11.1 Å². The number of aliphatic hydroxyl groups excluding tert-OH is 1. The number of nitrogens with zero attached hydrogens (tertiary/aromatic N) is 1. The summed E-state index contributed by atoms with van der Waals surface area (Å²) in [5.41, 5.74) is 4.62. The highest BCUT2D eigenvalue weighted by molar-refractivity contribution is 5.64. The summed E-state index contributed by atoms with van der Waals surface area (Å²) >= 11 is 0. The minimum Gasteiger partial charge on any atom is -0.388 e. The van der Waals surface area contributed by atoms with Crippen LogP contribution in [-0.2, 0) is 6.42 Å². The lowest BCUT2D eigenvalue weighted by atomic mass is 9.87. The van der Waals surface area contributed by atoms with Gasteiger partial charge in [0.15, 0.2) is 0 Å². The van der Waals surface area contributed by atoms with Crippen LogP contribution < -0.4 is 0 Å². The van der Waals surface area contributed by atoms with Crippen molar-refractivity contribution in [3.8, 4) is 11.1 Å². The van der Waals surface area contributed by atoms with Crippen LogP contribution in [0.5, 0.6) is 0 Å². The van der Waals surface area contributed by atoms with Crippen LogP contribution in [0.2, 0.25) is 0 Å². The average Bonchev–Trinajstić information content (AvgIpc) is 2.40. The zero-order valence-electron chi connectivity index (χ0n) is 9.63. The van der Waals surface area contributed by atoms with E-state index >= 15 is 0 Å². The molecule has 2 aromatic rings. The highest BCUT2D eigenvalue weighted by Gasteiger charge is 2.18. The SMILES string of the molecule is OC1CCCc2ccc(-c3cccnc3)cc21. The predicted octanol–water partition coefficient (Wildman–Crippen LogP) is 3.12. The van der Waals surface area contributed by atoms with E-state index in [9.17, 15) is 5.11 Å². The Morgan fingerprint density at radius 2 is 2.12 bits per heavy atom. The van der Waals surface area contributed by atoms with E-state index in [1.165, 1.54) is 5.56 Å². The summed E-state index contributed by atoms with van der Waals surface area (Å²) in [7, 11) is 0. The normalized spacial score (nSPS) is 18.8. The van der Waals surface area contributed by atoms with E-state index in [0.717, 1.165) is 36.0 Å². The molecule has 0 bridgehead atoms. The number of rotatable bonds is 1. The third-order valence-corrected chi connectivity index (χ3v) is 3.42. The summed E-state index contributed by atoms with van der Waals surface area (Å²) in [5, 5.41) is 10.0. The van der Waals surface area contributed by atoms with Crippen molar-refractivity contribution < 1.29 is 5.11 Å². The van der Waals surface area contributed by atoms with Crippen molar-refractivity contribution in [3.63, 3.8) is 0 Å². The molecule has 0 radical (unpaired) electrons. The third-order valence-electron chi connectivity index (χ3n) is 3.42. The molecule has 86 valence electrons. The molecule has 1 unspecified atom stereocenters. The Hall–Kier alpha value is -1.67. The Morgan fingerprint density at radius 3 is 2.94 bits per heavy atom. The van der Waals surface area contributed by atoms with Crippen LogP contribution in [0, 0.1) is 0 Å². The summed E-state index contributed by atoms with van der Waals surface area (Å²) in [6.45, 7) is 0. The number of fused-ring (bicyclic) bond motifs is 1. The van der Waals surface area contributed by atoms with Gasteiger partial charge in [0.05, 0.1) is 6.10 Å². The zero-order valence-corrected chi connectivity index (χ0v) is 9.63. The fourth-order valence-corrected chi connectivity index (χ4v) is 2.49. The van der Waals surface area contributed by atoms with Gasteiger partial charge in [-0.3, -0.25) is 4.98 Å². The van der Waals surface area contributed by atoms with E-state index in [-0.39, 0.29) is 6.10 Å². The van der Waals surface area contributed by atoms with Crippen molar-refractivity contribution >= 4 is 0 Å². The lowest BCUT2D eigenvalue weighted by Crippen LogP contribution is -2.08. The topological polar surface area (TPSA) is 33.1 Å². The van der Waals surface area contributed by atoms with Gasteiger partial charge in [-0.15, -0.1) is 0 Å². The molecule has 0 saturated heterocycles. The number of aliphatic hydroxyl groups is 1. The number of hydrogen-bond acceptors (Lipinski definition) is 2.